The van der Waals surface area contributed by atoms with E-state index in [1.807, 2.05) is 53.1 Å². The van der Waals surface area contributed by atoms with Crippen LogP contribution in [0.15, 0.2) is 93.4 Å². The predicted molar refractivity (Wildman–Crippen MR) is 144 cm³/mol. The van der Waals surface area contributed by atoms with E-state index in [1.165, 1.54) is 16.1 Å². The molecule has 0 N–H and O–H groups in total. The summed E-state index contributed by atoms with van der Waals surface area (Å²) in [4.78, 5) is 13.0. The van der Waals surface area contributed by atoms with Crippen molar-refractivity contribution >= 4 is 43.5 Å². The van der Waals surface area contributed by atoms with E-state index >= 15 is 0 Å². The maximum absolute atomic E-state index is 13.1. The minimum absolute atomic E-state index is 0.0182. The van der Waals surface area contributed by atoms with Crippen molar-refractivity contribution in [2.75, 3.05) is 18.8 Å². The number of hydrogen-bond donors (Lipinski definition) is 0. The lowest BCUT2D eigenvalue weighted by Crippen LogP contribution is -2.27. The van der Waals surface area contributed by atoms with Gasteiger partial charge in [0.25, 0.3) is 0 Å². The quantitative estimate of drug-likeness (QED) is 0.203. The number of ketones is 1. The number of hydrogen-bond acceptors (Lipinski definition) is 6. The van der Waals surface area contributed by atoms with E-state index in [0.29, 0.717) is 35.2 Å². The smallest absolute Gasteiger partial charge is 0.243 e. The molecule has 184 valence electrons. The number of thioether (sulfide) groups is 1. The molecule has 1 saturated heterocycles. The molecular formula is C26H23BrN4O3S2. The van der Waals surface area contributed by atoms with Crippen LogP contribution in [0.5, 0.6) is 0 Å². The highest BCUT2D eigenvalue weighted by molar-refractivity contribution is 9.10. The average molecular weight is 584 g/mol. The van der Waals surface area contributed by atoms with E-state index in [9.17, 15) is 13.2 Å². The van der Waals surface area contributed by atoms with Crippen LogP contribution >= 0.6 is 27.7 Å². The predicted octanol–water partition coefficient (Wildman–Crippen LogP) is 5.46. The second-order valence-electron chi connectivity index (χ2n) is 8.33. The second kappa shape index (κ2) is 10.7. The second-order valence-corrected chi connectivity index (χ2v) is 12.1. The molecule has 1 aromatic heterocycles. The van der Waals surface area contributed by atoms with Crippen LogP contribution in [-0.2, 0) is 10.0 Å². The van der Waals surface area contributed by atoms with E-state index in [1.54, 1.807) is 30.3 Å². The number of Topliss-reactive ketones (excluding diaryl/α,β-unsaturated/α-hetero) is 1. The minimum Gasteiger partial charge on any atom is -0.293 e. The van der Waals surface area contributed by atoms with E-state index in [-0.39, 0.29) is 16.4 Å². The Morgan fingerprint density at radius 2 is 1.64 bits per heavy atom. The lowest BCUT2D eigenvalue weighted by atomic mass is 10.2. The SMILES string of the molecule is O=C(CSc1nnc(-c2cccc(S(=O)(=O)N3CCCC3)c2)n1-c1ccccc1)c1ccc(Br)cc1. The van der Waals surface area contributed by atoms with Crippen LogP contribution < -0.4 is 0 Å². The summed E-state index contributed by atoms with van der Waals surface area (Å²) in [5, 5.41) is 9.34. The third kappa shape index (κ3) is 5.17. The first-order valence-corrected chi connectivity index (χ1v) is 14.7. The Hall–Kier alpha value is -2.79. The number of halogens is 1. The van der Waals surface area contributed by atoms with Gasteiger partial charge in [0.15, 0.2) is 16.8 Å². The number of rotatable bonds is 8. The Bertz CT molecular complexity index is 1480. The van der Waals surface area contributed by atoms with Gasteiger partial charge >= 0.3 is 0 Å². The molecular weight excluding hydrogens is 560 g/mol. The molecule has 1 aliphatic heterocycles. The zero-order chi connectivity index (χ0) is 25.1. The van der Waals surface area contributed by atoms with Crippen LogP contribution in [0.2, 0.25) is 0 Å². The first-order valence-electron chi connectivity index (χ1n) is 11.5. The Labute approximate surface area is 222 Å². The number of sulfonamides is 1. The van der Waals surface area contributed by atoms with Crippen LogP contribution in [0.25, 0.3) is 17.1 Å². The van der Waals surface area contributed by atoms with E-state index in [4.69, 9.17) is 0 Å². The summed E-state index contributed by atoms with van der Waals surface area (Å²) in [6, 6.07) is 23.7. The van der Waals surface area contributed by atoms with E-state index in [2.05, 4.69) is 26.1 Å². The van der Waals surface area contributed by atoms with Crippen molar-refractivity contribution in [3.05, 3.63) is 88.9 Å². The molecule has 0 amide bonds. The number of para-hydroxylation sites is 1. The minimum atomic E-state index is -3.57. The molecule has 3 aromatic carbocycles. The van der Waals surface area contributed by atoms with Crippen LogP contribution in [0.4, 0.5) is 0 Å². The monoisotopic (exact) mass is 582 g/mol. The molecule has 4 aromatic rings. The van der Waals surface area contributed by atoms with E-state index < -0.39 is 10.0 Å². The fraction of sp³-hybridized carbons (Fsp3) is 0.192. The molecule has 5 rings (SSSR count). The van der Waals surface area contributed by atoms with Crippen molar-refractivity contribution in [3.63, 3.8) is 0 Å². The zero-order valence-electron chi connectivity index (χ0n) is 19.2. The van der Waals surface area contributed by atoms with Gasteiger partial charge in [0, 0.05) is 34.4 Å². The molecule has 0 bridgehead atoms. The van der Waals surface area contributed by atoms with Crippen molar-refractivity contribution in [2.45, 2.75) is 22.9 Å². The highest BCUT2D eigenvalue weighted by atomic mass is 79.9. The van der Waals surface area contributed by atoms with Gasteiger partial charge in [0.1, 0.15) is 0 Å². The number of carbonyl (C=O) groups is 1. The summed E-state index contributed by atoms with van der Waals surface area (Å²) in [5.74, 6) is 0.685. The Morgan fingerprint density at radius 3 is 2.36 bits per heavy atom. The Balaban J connectivity index is 1.49. The van der Waals surface area contributed by atoms with Crippen molar-refractivity contribution in [2.24, 2.45) is 0 Å². The van der Waals surface area contributed by atoms with Gasteiger partial charge in [0.2, 0.25) is 10.0 Å². The molecule has 0 spiro atoms. The average Bonchev–Trinajstić information content (AvgIpc) is 3.59. The van der Waals surface area contributed by atoms with Crippen LogP contribution in [-0.4, -0.2) is 52.1 Å². The summed E-state index contributed by atoms with van der Waals surface area (Å²) in [6.07, 6.45) is 1.75. The maximum Gasteiger partial charge on any atom is 0.243 e. The van der Waals surface area contributed by atoms with Gasteiger partial charge in [-0.1, -0.05) is 70.2 Å². The molecule has 0 atom stereocenters. The normalized spacial score (nSPS) is 14.2. The summed E-state index contributed by atoms with van der Waals surface area (Å²) in [7, 11) is -3.57. The van der Waals surface area contributed by atoms with Gasteiger partial charge < -0.3 is 0 Å². The molecule has 0 unspecified atom stereocenters. The van der Waals surface area contributed by atoms with Gasteiger partial charge in [-0.2, -0.15) is 4.31 Å². The fourth-order valence-electron chi connectivity index (χ4n) is 4.08. The molecule has 1 fully saturated rings. The third-order valence-electron chi connectivity index (χ3n) is 5.94. The molecule has 36 heavy (non-hydrogen) atoms. The lowest BCUT2D eigenvalue weighted by molar-refractivity contribution is 0.102. The summed E-state index contributed by atoms with van der Waals surface area (Å²) in [6.45, 7) is 1.08. The first kappa shape index (κ1) is 24.9. The molecule has 0 radical (unpaired) electrons. The zero-order valence-corrected chi connectivity index (χ0v) is 22.5. The van der Waals surface area contributed by atoms with Crippen LogP contribution in [0.1, 0.15) is 23.2 Å². The molecule has 10 heteroatoms. The number of carbonyl (C=O) groups excluding carboxylic acids is 1. The van der Waals surface area contributed by atoms with Gasteiger partial charge in [0.05, 0.1) is 10.6 Å². The summed E-state index contributed by atoms with van der Waals surface area (Å²) in [5.41, 5.74) is 2.08. The topological polar surface area (TPSA) is 85.2 Å². The Kier molecular flexibility index (Phi) is 7.38. The largest absolute Gasteiger partial charge is 0.293 e. The first-order chi connectivity index (χ1) is 17.4. The van der Waals surface area contributed by atoms with Gasteiger partial charge in [-0.3, -0.25) is 9.36 Å². The van der Waals surface area contributed by atoms with Crippen LogP contribution in [0.3, 0.4) is 0 Å². The van der Waals surface area contributed by atoms with Crippen LogP contribution in [0, 0.1) is 0 Å². The van der Waals surface area contributed by atoms with E-state index in [0.717, 1.165) is 23.0 Å². The highest BCUT2D eigenvalue weighted by Crippen LogP contribution is 2.30. The molecule has 0 saturated carbocycles. The molecule has 1 aliphatic rings. The maximum atomic E-state index is 13.1. The van der Waals surface area contributed by atoms with Crippen molar-refractivity contribution in [3.8, 4) is 17.1 Å². The summed E-state index contributed by atoms with van der Waals surface area (Å²) < 4.78 is 30.6. The highest BCUT2D eigenvalue weighted by Gasteiger charge is 2.28. The number of nitrogens with zero attached hydrogens (tertiary/aromatic N) is 4. The fourth-order valence-corrected chi connectivity index (χ4v) is 6.76. The number of aromatic nitrogens is 3. The standard InChI is InChI=1S/C26H23BrN4O3S2/c27-21-13-11-19(12-14-21)24(32)18-35-26-29-28-25(31(26)22-8-2-1-3-9-22)20-7-6-10-23(17-20)36(33,34)30-15-4-5-16-30/h1-3,6-14,17H,4-5,15-16,18H2. The molecule has 2 heterocycles. The van der Waals surface area contributed by atoms with Crippen molar-refractivity contribution in [1.82, 2.24) is 19.1 Å². The van der Waals surface area contributed by atoms with Gasteiger partial charge in [-0.15, -0.1) is 10.2 Å². The van der Waals surface area contributed by atoms with Crippen molar-refractivity contribution in [1.29, 1.82) is 0 Å². The number of benzene rings is 3. The lowest BCUT2D eigenvalue weighted by Gasteiger charge is -2.16. The third-order valence-corrected chi connectivity index (χ3v) is 9.29. The molecule has 7 nitrogen and oxygen atoms in total. The van der Waals surface area contributed by atoms with Gasteiger partial charge in [-0.25, -0.2) is 8.42 Å². The Morgan fingerprint density at radius 1 is 0.917 bits per heavy atom. The molecule has 0 aliphatic carbocycles. The summed E-state index contributed by atoms with van der Waals surface area (Å²) >= 11 is 4.68. The van der Waals surface area contributed by atoms with Crippen molar-refractivity contribution < 1.29 is 13.2 Å². The van der Waals surface area contributed by atoms with Gasteiger partial charge in [-0.05, 0) is 49.2 Å².